The zero-order chi connectivity index (χ0) is 44.2. The average molecular weight is 855 g/mol. The molecule has 0 amide bonds. The molecular formula is C62H46O4. The van der Waals surface area contributed by atoms with Crippen molar-refractivity contribution in [2.24, 2.45) is 0 Å². The van der Waals surface area contributed by atoms with Gasteiger partial charge in [0.15, 0.2) is 0 Å². The summed E-state index contributed by atoms with van der Waals surface area (Å²) in [5.41, 5.74) is 15.9. The minimum atomic E-state index is -0.598. The van der Waals surface area contributed by atoms with Crippen molar-refractivity contribution in [3.63, 3.8) is 0 Å². The Kier molecular flexibility index (Phi) is 9.67. The molecule has 0 bridgehead atoms. The summed E-state index contributed by atoms with van der Waals surface area (Å²) < 4.78 is 11.6. The first kappa shape index (κ1) is 39.8. The van der Waals surface area contributed by atoms with Gasteiger partial charge in [-0.15, -0.1) is 0 Å². The Morgan fingerprint density at radius 3 is 1.02 bits per heavy atom. The Morgan fingerprint density at radius 1 is 0.303 bits per heavy atom. The first-order valence-corrected chi connectivity index (χ1v) is 22.8. The van der Waals surface area contributed by atoms with E-state index < -0.39 is 10.8 Å². The molecular weight excluding hydrogens is 809 g/mol. The molecule has 0 saturated carbocycles. The molecule has 10 aromatic carbocycles. The van der Waals surface area contributed by atoms with Gasteiger partial charge >= 0.3 is 0 Å². The summed E-state index contributed by atoms with van der Waals surface area (Å²) in [7, 11) is 0. The standard InChI is InChI=1S/C62H46O4/c63-31-33-65-51-29-25-43-37-49(27-23-45(43)39-51)61(57-19-5-1-15-53(57)54-16-2-6-20-58(54)61)47-13-9-11-41(35-47)42-12-10-14-48(36-42)62(59-21-7-3-17-55(59)56-18-4-8-22-60(56)62)50-28-24-46-40-52(66-34-32-64)30-26-44(46)38-50/h1-30,35-40,63-64H,31-34H2. The second-order valence-corrected chi connectivity index (χ2v) is 17.4. The molecule has 0 aromatic heterocycles. The predicted octanol–water partition coefficient (Wildman–Crippen LogP) is 13.1. The van der Waals surface area contributed by atoms with E-state index in [1.54, 1.807) is 0 Å². The predicted molar refractivity (Wildman–Crippen MR) is 267 cm³/mol. The van der Waals surface area contributed by atoms with Crippen molar-refractivity contribution in [2.45, 2.75) is 10.8 Å². The highest BCUT2D eigenvalue weighted by atomic mass is 16.5. The maximum Gasteiger partial charge on any atom is 0.120 e. The van der Waals surface area contributed by atoms with Gasteiger partial charge in [-0.05, 0) is 148 Å². The van der Waals surface area contributed by atoms with E-state index >= 15 is 0 Å². The minimum Gasteiger partial charge on any atom is -0.491 e. The summed E-state index contributed by atoms with van der Waals surface area (Å²) in [6.07, 6.45) is 0. The zero-order valence-corrected chi connectivity index (χ0v) is 36.3. The fourth-order valence-electron chi connectivity index (χ4n) is 11.3. The van der Waals surface area contributed by atoms with Crippen LogP contribution in [0.5, 0.6) is 11.5 Å². The molecule has 0 radical (unpaired) electrons. The molecule has 318 valence electrons. The quantitative estimate of drug-likeness (QED) is 0.136. The third kappa shape index (κ3) is 6.06. The van der Waals surface area contributed by atoms with Gasteiger partial charge in [0.25, 0.3) is 0 Å². The second kappa shape index (κ2) is 16.0. The highest BCUT2D eigenvalue weighted by Gasteiger charge is 2.48. The van der Waals surface area contributed by atoms with Gasteiger partial charge in [0.1, 0.15) is 24.7 Å². The van der Waals surface area contributed by atoms with E-state index in [1.165, 1.54) is 66.8 Å². The summed E-state index contributed by atoms with van der Waals surface area (Å²) in [5.74, 6) is 1.49. The van der Waals surface area contributed by atoms with Crippen molar-refractivity contribution < 1.29 is 19.7 Å². The van der Waals surface area contributed by atoms with Crippen LogP contribution in [0.25, 0.3) is 54.9 Å². The van der Waals surface area contributed by atoms with Gasteiger partial charge in [-0.25, -0.2) is 0 Å². The maximum absolute atomic E-state index is 9.40. The molecule has 0 heterocycles. The first-order valence-electron chi connectivity index (χ1n) is 22.8. The van der Waals surface area contributed by atoms with Gasteiger partial charge in [0.05, 0.1) is 24.0 Å². The van der Waals surface area contributed by atoms with E-state index in [4.69, 9.17) is 9.47 Å². The van der Waals surface area contributed by atoms with E-state index in [0.29, 0.717) is 0 Å². The molecule has 4 nitrogen and oxygen atoms in total. The van der Waals surface area contributed by atoms with Crippen LogP contribution >= 0.6 is 0 Å². The lowest BCUT2D eigenvalue weighted by molar-refractivity contribution is 0.201. The summed E-state index contributed by atoms with van der Waals surface area (Å²) in [5, 5.41) is 23.2. The highest BCUT2D eigenvalue weighted by molar-refractivity contribution is 5.92. The minimum absolute atomic E-state index is 0.0280. The molecule has 0 saturated heterocycles. The van der Waals surface area contributed by atoms with Crippen molar-refractivity contribution in [1.82, 2.24) is 0 Å². The number of hydrogen-bond acceptors (Lipinski definition) is 4. The summed E-state index contributed by atoms with van der Waals surface area (Å²) in [6, 6.07) is 80.1. The lowest BCUT2D eigenvalue weighted by Gasteiger charge is -2.35. The zero-order valence-electron chi connectivity index (χ0n) is 36.3. The van der Waals surface area contributed by atoms with E-state index in [0.717, 1.165) is 44.2 Å². The fraction of sp³-hybridized carbons (Fsp3) is 0.0968. The lowest BCUT2D eigenvalue weighted by atomic mass is 9.66. The van der Waals surface area contributed by atoms with Crippen LogP contribution in [0, 0.1) is 0 Å². The first-order chi connectivity index (χ1) is 32.6. The summed E-state index contributed by atoms with van der Waals surface area (Å²) >= 11 is 0. The lowest BCUT2D eigenvalue weighted by Crippen LogP contribution is -2.29. The SMILES string of the molecule is OCCOc1ccc2cc(C3(c4cccc(-c5cccc(C6(c7ccc8cc(OCCO)ccc8c7)c7ccccc7-c7ccccc76)c5)c4)c4ccccc4-c4ccccc43)ccc2c1. The topological polar surface area (TPSA) is 58.9 Å². The van der Waals surface area contributed by atoms with Crippen molar-refractivity contribution in [3.8, 4) is 44.9 Å². The number of aliphatic hydroxyl groups is 2. The molecule has 66 heavy (non-hydrogen) atoms. The Labute approximate surface area is 384 Å². The van der Waals surface area contributed by atoms with Crippen molar-refractivity contribution in [1.29, 1.82) is 0 Å². The summed E-state index contributed by atoms with van der Waals surface area (Å²) in [6.45, 7) is 0.461. The average Bonchev–Trinajstić information content (AvgIpc) is 3.86. The van der Waals surface area contributed by atoms with E-state index in [-0.39, 0.29) is 26.4 Å². The van der Waals surface area contributed by atoms with Gasteiger partial charge in [0.2, 0.25) is 0 Å². The third-order valence-corrected chi connectivity index (χ3v) is 14.0. The van der Waals surface area contributed by atoms with Gasteiger partial charge in [-0.3, -0.25) is 0 Å². The number of rotatable bonds is 11. The molecule has 0 fully saturated rings. The van der Waals surface area contributed by atoms with Gasteiger partial charge < -0.3 is 19.7 Å². The Balaban J connectivity index is 1.05. The van der Waals surface area contributed by atoms with Crippen molar-refractivity contribution in [2.75, 3.05) is 26.4 Å². The Hall–Kier alpha value is -7.76. The van der Waals surface area contributed by atoms with E-state index in [9.17, 15) is 10.2 Å². The van der Waals surface area contributed by atoms with Gasteiger partial charge in [-0.2, -0.15) is 0 Å². The molecule has 0 unspecified atom stereocenters. The molecule has 4 heteroatoms. The molecule has 2 aliphatic carbocycles. The van der Waals surface area contributed by atoms with Crippen LogP contribution in [-0.2, 0) is 10.8 Å². The molecule has 0 atom stereocenters. The number of hydrogen-bond donors (Lipinski definition) is 2. The Morgan fingerprint density at radius 2 is 0.636 bits per heavy atom. The van der Waals surface area contributed by atoms with Gasteiger partial charge in [0, 0.05) is 0 Å². The smallest absolute Gasteiger partial charge is 0.120 e. The van der Waals surface area contributed by atoms with Crippen LogP contribution in [0.15, 0.2) is 218 Å². The number of fused-ring (bicyclic) bond motifs is 8. The molecule has 2 aliphatic rings. The van der Waals surface area contributed by atoms with Gasteiger partial charge in [-0.1, -0.05) is 170 Å². The molecule has 0 spiro atoms. The monoisotopic (exact) mass is 854 g/mol. The molecule has 0 aliphatic heterocycles. The number of ether oxygens (including phenoxy) is 2. The maximum atomic E-state index is 9.40. The molecule has 10 aromatic rings. The van der Waals surface area contributed by atoms with Crippen molar-refractivity contribution >= 4 is 21.5 Å². The largest absolute Gasteiger partial charge is 0.491 e. The van der Waals surface area contributed by atoms with Crippen molar-refractivity contribution in [3.05, 3.63) is 263 Å². The number of aliphatic hydroxyl groups excluding tert-OH is 2. The van der Waals surface area contributed by atoms with Crippen LogP contribution in [-0.4, -0.2) is 36.6 Å². The highest BCUT2D eigenvalue weighted by Crippen LogP contribution is 2.58. The number of benzene rings is 10. The molecule has 2 N–H and O–H groups in total. The third-order valence-electron chi connectivity index (χ3n) is 14.0. The van der Waals surface area contributed by atoms with Crippen LogP contribution in [0.1, 0.15) is 44.5 Å². The van der Waals surface area contributed by atoms with Crippen LogP contribution in [0.4, 0.5) is 0 Å². The van der Waals surface area contributed by atoms with Crippen LogP contribution < -0.4 is 9.47 Å². The van der Waals surface area contributed by atoms with Crippen LogP contribution in [0.2, 0.25) is 0 Å². The molecule has 12 rings (SSSR count). The van der Waals surface area contributed by atoms with E-state index in [1.807, 2.05) is 12.1 Å². The van der Waals surface area contributed by atoms with E-state index in [2.05, 4.69) is 206 Å². The second-order valence-electron chi connectivity index (χ2n) is 17.4. The normalized spacial score (nSPS) is 13.8. The van der Waals surface area contributed by atoms with Crippen LogP contribution in [0.3, 0.4) is 0 Å². The summed E-state index contributed by atoms with van der Waals surface area (Å²) in [4.78, 5) is 0. The Bertz CT molecular complexity index is 3170. The fourth-order valence-corrected chi connectivity index (χ4v) is 11.3.